The van der Waals surface area contributed by atoms with Gasteiger partial charge in [0.15, 0.2) is 0 Å². The first kappa shape index (κ1) is 15.0. The fourth-order valence-corrected chi connectivity index (χ4v) is 3.83. The highest BCUT2D eigenvalue weighted by Crippen LogP contribution is 2.43. The number of rotatable bonds is 5. The molecule has 116 valence electrons. The average Bonchev–Trinajstić information content (AvgIpc) is 3.30. The summed E-state index contributed by atoms with van der Waals surface area (Å²) in [7, 11) is 0. The number of pyridine rings is 1. The molecule has 2 heteroatoms. The maximum atomic E-state index is 4.55. The SMILES string of the molecule is Cc1ccc(C2CC(C(C)C)CCC2CNC2CC2)cn1. The molecule has 0 aliphatic heterocycles. The highest BCUT2D eigenvalue weighted by Gasteiger charge is 2.33. The highest BCUT2D eigenvalue weighted by atomic mass is 14.9. The summed E-state index contributed by atoms with van der Waals surface area (Å²) in [5, 5.41) is 3.76. The molecule has 21 heavy (non-hydrogen) atoms. The van der Waals surface area contributed by atoms with E-state index in [2.05, 4.69) is 49.4 Å². The summed E-state index contributed by atoms with van der Waals surface area (Å²) in [6.07, 6.45) is 9.04. The van der Waals surface area contributed by atoms with Gasteiger partial charge in [0.2, 0.25) is 0 Å². The lowest BCUT2D eigenvalue weighted by Crippen LogP contribution is -2.34. The number of aryl methyl sites for hydroxylation is 1. The first-order valence-corrected chi connectivity index (χ1v) is 8.79. The van der Waals surface area contributed by atoms with Crippen LogP contribution in [-0.2, 0) is 0 Å². The number of nitrogens with one attached hydrogen (secondary N) is 1. The Morgan fingerprint density at radius 1 is 1.19 bits per heavy atom. The first-order chi connectivity index (χ1) is 10.1. The van der Waals surface area contributed by atoms with Gasteiger partial charge in [-0.3, -0.25) is 4.98 Å². The van der Waals surface area contributed by atoms with Gasteiger partial charge < -0.3 is 5.32 Å². The molecule has 0 bridgehead atoms. The molecule has 1 N–H and O–H groups in total. The van der Waals surface area contributed by atoms with Crippen LogP contribution in [0.15, 0.2) is 18.3 Å². The minimum atomic E-state index is 0.700. The summed E-state index contributed by atoms with van der Waals surface area (Å²) < 4.78 is 0. The van der Waals surface area contributed by atoms with Crippen LogP contribution in [-0.4, -0.2) is 17.6 Å². The molecule has 2 nitrogen and oxygen atoms in total. The van der Waals surface area contributed by atoms with Crippen molar-refractivity contribution in [2.75, 3.05) is 6.54 Å². The average molecular weight is 286 g/mol. The Bertz CT molecular complexity index is 447. The van der Waals surface area contributed by atoms with Crippen LogP contribution < -0.4 is 5.32 Å². The van der Waals surface area contributed by atoms with Crippen molar-refractivity contribution < 1.29 is 0 Å². The maximum absolute atomic E-state index is 4.55. The number of hydrogen-bond donors (Lipinski definition) is 1. The van der Waals surface area contributed by atoms with Crippen LogP contribution in [0.2, 0.25) is 0 Å². The van der Waals surface area contributed by atoms with Crippen molar-refractivity contribution in [1.82, 2.24) is 10.3 Å². The minimum Gasteiger partial charge on any atom is -0.314 e. The van der Waals surface area contributed by atoms with E-state index >= 15 is 0 Å². The van der Waals surface area contributed by atoms with Crippen molar-refractivity contribution in [2.24, 2.45) is 17.8 Å². The molecular weight excluding hydrogens is 256 g/mol. The third-order valence-corrected chi connectivity index (χ3v) is 5.59. The highest BCUT2D eigenvalue weighted by molar-refractivity contribution is 5.20. The van der Waals surface area contributed by atoms with E-state index in [0.717, 1.165) is 29.5 Å². The molecule has 0 aromatic carbocycles. The zero-order chi connectivity index (χ0) is 14.8. The van der Waals surface area contributed by atoms with E-state index in [1.54, 1.807) is 0 Å². The Hall–Kier alpha value is -0.890. The largest absolute Gasteiger partial charge is 0.314 e. The molecule has 2 fully saturated rings. The third kappa shape index (κ3) is 3.85. The summed E-state index contributed by atoms with van der Waals surface area (Å²) in [5.74, 6) is 3.19. The van der Waals surface area contributed by atoms with E-state index < -0.39 is 0 Å². The van der Waals surface area contributed by atoms with Crippen molar-refractivity contribution in [1.29, 1.82) is 0 Å². The lowest BCUT2D eigenvalue weighted by Gasteiger charge is -2.38. The topological polar surface area (TPSA) is 24.9 Å². The predicted octanol–water partition coefficient (Wildman–Crippen LogP) is 4.30. The normalized spacial score (nSPS) is 29.8. The van der Waals surface area contributed by atoms with Crippen LogP contribution in [0.25, 0.3) is 0 Å². The second-order valence-electron chi connectivity index (χ2n) is 7.60. The van der Waals surface area contributed by atoms with Gasteiger partial charge in [-0.2, -0.15) is 0 Å². The molecule has 1 heterocycles. The van der Waals surface area contributed by atoms with E-state index in [4.69, 9.17) is 0 Å². The molecule has 2 aliphatic rings. The van der Waals surface area contributed by atoms with Crippen molar-refractivity contribution >= 4 is 0 Å². The zero-order valence-electron chi connectivity index (χ0n) is 13.8. The van der Waals surface area contributed by atoms with E-state index in [9.17, 15) is 0 Å². The predicted molar refractivity (Wildman–Crippen MR) is 88.4 cm³/mol. The molecule has 0 radical (unpaired) electrons. The number of nitrogens with zero attached hydrogens (tertiary/aromatic N) is 1. The number of hydrogen-bond acceptors (Lipinski definition) is 2. The molecule has 1 aromatic rings. The molecular formula is C19H30N2. The van der Waals surface area contributed by atoms with Crippen LogP contribution in [0.1, 0.15) is 63.1 Å². The van der Waals surface area contributed by atoms with Gasteiger partial charge in [-0.15, -0.1) is 0 Å². The van der Waals surface area contributed by atoms with Crippen LogP contribution >= 0.6 is 0 Å². The van der Waals surface area contributed by atoms with Gasteiger partial charge in [0.25, 0.3) is 0 Å². The zero-order valence-corrected chi connectivity index (χ0v) is 13.8. The Balaban J connectivity index is 1.72. The Labute approximate surface area is 129 Å². The molecule has 1 aromatic heterocycles. The monoisotopic (exact) mass is 286 g/mol. The van der Waals surface area contributed by atoms with Crippen LogP contribution in [0.4, 0.5) is 0 Å². The first-order valence-electron chi connectivity index (χ1n) is 8.79. The standard InChI is InChI=1S/C19H30N2/c1-13(2)15-6-7-17(12-21-18-8-9-18)19(10-15)16-5-4-14(3)20-11-16/h4-5,11,13,15,17-19,21H,6-10,12H2,1-3H3. The fourth-order valence-electron chi connectivity index (χ4n) is 3.83. The molecule has 0 amide bonds. The lowest BCUT2D eigenvalue weighted by atomic mass is 9.68. The number of aromatic nitrogens is 1. The van der Waals surface area contributed by atoms with E-state index in [1.165, 1.54) is 44.2 Å². The molecule has 2 saturated carbocycles. The second kappa shape index (κ2) is 6.48. The van der Waals surface area contributed by atoms with Crippen molar-refractivity contribution in [3.05, 3.63) is 29.6 Å². The summed E-state index contributed by atoms with van der Waals surface area (Å²) >= 11 is 0. The van der Waals surface area contributed by atoms with Gasteiger partial charge in [0, 0.05) is 17.9 Å². The van der Waals surface area contributed by atoms with Crippen molar-refractivity contribution in [2.45, 2.75) is 64.8 Å². The molecule has 3 atom stereocenters. The summed E-state index contributed by atoms with van der Waals surface area (Å²) in [6.45, 7) is 8.05. The van der Waals surface area contributed by atoms with E-state index in [0.29, 0.717) is 5.92 Å². The van der Waals surface area contributed by atoms with Gasteiger partial charge in [-0.05, 0) is 80.9 Å². The Morgan fingerprint density at radius 2 is 2.00 bits per heavy atom. The van der Waals surface area contributed by atoms with Gasteiger partial charge in [0.05, 0.1) is 0 Å². The lowest BCUT2D eigenvalue weighted by molar-refractivity contribution is 0.190. The third-order valence-electron chi connectivity index (χ3n) is 5.59. The van der Waals surface area contributed by atoms with Gasteiger partial charge in [-0.25, -0.2) is 0 Å². The molecule has 0 saturated heterocycles. The van der Waals surface area contributed by atoms with Crippen LogP contribution in [0, 0.1) is 24.7 Å². The molecule has 3 unspecified atom stereocenters. The van der Waals surface area contributed by atoms with Gasteiger partial charge in [0.1, 0.15) is 0 Å². The van der Waals surface area contributed by atoms with Gasteiger partial charge in [-0.1, -0.05) is 19.9 Å². The van der Waals surface area contributed by atoms with Crippen LogP contribution in [0.5, 0.6) is 0 Å². The molecule has 0 spiro atoms. The van der Waals surface area contributed by atoms with Crippen molar-refractivity contribution in [3.63, 3.8) is 0 Å². The van der Waals surface area contributed by atoms with Gasteiger partial charge >= 0.3 is 0 Å². The summed E-state index contributed by atoms with van der Waals surface area (Å²) in [6, 6.07) is 5.32. The quantitative estimate of drug-likeness (QED) is 0.873. The van der Waals surface area contributed by atoms with Crippen LogP contribution in [0.3, 0.4) is 0 Å². The Morgan fingerprint density at radius 3 is 2.62 bits per heavy atom. The fraction of sp³-hybridized carbons (Fsp3) is 0.737. The van der Waals surface area contributed by atoms with E-state index in [-0.39, 0.29) is 0 Å². The molecule has 2 aliphatic carbocycles. The van der Waals surface area contributed by atoms with E-state index in [1.807, 2.05) is 0 Å². The second-order valence-corrected chi connectivity index (χ2v) is 7.60. The summed E-state index contributed by atoms with van der Waals surface area (Å²) in [5.41, 5.74) is 2.59. The Kier molecular flexibility index (Phi) is 4.63. The molecule has 3 rings (SSSR count). The minimum absolute atomic E-state index is 0.700. The maximum Gasteiger partial charge on any atom is 0.0372 e. The summed E-state index contributed by atoms with van der Waals surface area (Å²) in [4.78, 5) is 4.55. The smallest absolute Gasteiger partial charge is 0.0372 e. The van der Waals surface area contributed by atoms with Crippen molar-refractivity contribution in [3.8, 4) is 0 Å².